The van der Waals surface area contributed by atoms with Gasteiger partial charge in [-0.15, -0.1) is 0 Å². The van der Waals surface area contributed by atoms with Crippen LogP contribution in [0.1, 0.15) is 24.8 Å². The number of carbonyl (C=O) groups is 1. The maximum Gasteiger partial charge on any atom is 0.251 e. The van der Waals surface area contributed by atoms with Crippen LogP contribution in [-0.2, 0) is 11.3 Å². The summed E-state index contributed by atoms with van der Waals surface area (Å²) in [6.45, 7) is 0.519. The number of benzene rings is 1. The zero-order valence-corrected chi connectivity index (χ0v) is 10.0. The minimum atomic E-state index is -0.248. The minimum absolute atomic E-state index is 0.0440. The molecule has 2 nitrogen and oxygen atoms in total. The fourth-order valence-corrected chi connectivity index (χ4v) is 2.50. The lowest BCUT2D eigenvalue weighted by atomic mass is 10.00. The van der Waals surface area contributed by atoms with Gasteiger partial charge in [-0.2, -0.15) is 0 Å². The molecule has 0 aromatic heterocycles. The predicted octanol–water partition coefficient (Wildman–Crippen LogP) is 3.16. The Labute approximate surface area is 105 Å². The van der Waals surface area contributed by atoms with Crippen LogP contribution < -0.4 is 0 Å². The summed E-state index contributed by atoms with van der Waals surface area (Å²) in [5.74, 6) is -0.204. The van der Waals surface area contributed by atoms with Crippen molar-refractivity contribution in [2.75, 3.05) is 0 Å². The molecule has 0 spiro atoms. The molecule has 92 valence electrons. The monoisotopic (exact) mass is 243 g/mol. The van der Waals surface area contributed by atoms with Crippen LogP contribution in [0, 0.1) is 5.82 Å². The van der Waals surface area contributed by atoms with Crippen LogP contribution >= 0.6 is 0 Å². The first-order valence-electron chi connectivity index (χ1n) is 6.21. The van der Waals surface area contributed by atoms with Gasteiger partial charge in [-0.3, -0.25) is 4.79 Å². The summed E-state index contributed by atoms with van der Waals surface area (Å²) in [6.07, 6.45) is 6.99. The zero-order chi connectivity index (χ0) is 12.5. The summed E-state index contributed by atoms with van der Waals surface area (Å²) >= 11 is 0. The highest BCUT2D eigenvalue weighted by molar-refractivity contribution is 5.94. The number of halogens is 1. The van der Waals surface area contributed by atoms with Crippen molar-refractivity contribution in [3.05, 3.63) is 59.1 Å². The fraction of sp³-hybridized carbons (Fsp3) is 0.267. The molecule has 0 N–H and O–H groups in total. The number of rotatable bonds is 2. The quantitative estimate of drug-likeness (QED) is 0.781. The number of hydrogen-bond donors (Lipinski definition) is 0. The van der Waals surface area contributed by atoms with Gasteiger partial charge in [0.25, 0.3) is 5.91 Å². The lowest BCUT2D eigenvalue weighted by Gasteiger charge is -2.22. The number of allylic oxidation sites excluding steroid dienone is 2. The van der Waals surface area contributed by atoms with Gasteiger partial charge < -0.3 is 4.90 Å². The van der Waals surface area contributed by atoms with Gasteiger partial charge in [0.2, 0.25) is 0 Å². The summed E-state index contributed by atoms with van der Waals surface area (Å²) < 4.78 is 12.8. The lowest BCUT2D eigenvalue weighted by Crippen LogP contribution is -2.24. The van der Waals surface area contributed by atoms with Crippen LogP contribution in [0.2, 0.25) is 0 Å². The Morgan fingerprint density at radius 1 is 1.22 bits per heavy atom. The number of amides is 1. The van der Waals surface area contributed by atoms with Crippen molar-refractivity contribution in [3.63, 3.8) is 0 Å². The third-order valence-electron chi connectivity index (χ3n) is 3.43. The second kappa shape index (κ2) is 4.41. The summed E-state index contributed by atoms with van der Waals surface area (Å²) in [5, 5.41) is 0. The molecule has 0 bridgehead atoms. The Balaban J connectivity index is 1.83. The third-order valence-corrected chi connectivity index (χ3v) is 3.43. The number of nitrogens with zero attached hydrogens (tertiary/aromatic N) is 1. The van der Waals surface area contributed by atoms with Crippen LogP contribution in [-0.4, -0.2) is 10.8 Å². The van der Waals surface area contributed by atoms with Gasteiger partial charge in [-0.05, 0) is 42.5 Å². The molecular formula is C15H14FNO. The van der Waals surface area contributed by atoms with Gasteiger partial charge in [-0.25, -0.2) is 4.39 Å². The van der Waals surface area contributed by atoms with E-state index in [2.05, 4.69) is 6.08 Å². The molecule has 0 saturated heterocycles. The molecule has 3 heteroatoms. The number of carbonyl (C=O) groups excluding carboxylic acids is 1. The molecule has 1 aliphatic carbocycles. The van der Waals surface area contributed by atoms with E-state index in [0.29, 0.717) is 6.54 Å². The number of hydrogen-bond acceptors (Lipinski definition) is 1. The van der Waals surface area contributed by atoms with Crippen molar-refractivity contribution in [3.8, 4) is 0 Å². The first-order chi connectivity index (χ1) is 8.74. The van der Waals surface area contributed by atoms with E-state index in [-0.39, 0.29) is 11.7 Å². The second-order valence-electron chi connectivity index (χ2n) is 4.70. The van der Waals surface area contributed by atoms with Crippen LogP contribution in [0.5, 0.6) is 0 Å². The normalized spacial score (nSPS) is 18.5. The van der Waals surface area contributed by atoms with E-state index in [1.54, 1.807) is 23.1 Å². The average molecular weight is 243 g/mol. The summed E-state index contributed by atoms with van der Waals surface area (Å²) in [7, 11) is 0. The van der Waals surface area contributed by atoms with Gasteiger partial charge in [0.1, 0.15) is 5.82 Å². The highest BCUT2D eigenvalue weighted by atomic mass is 19.1. The molecule has 2 aliphatic rings. The first kappa shape index (κ1) is 11.2. The van der Waals surface area contributed by atoms with Crippen molar-refractivity contribution in [2.24, 2.45) is 0 Å². The molecule has 0 saturated carbocycles. The topological polar surface area (TPSA) is 20.3 Å². The summed E-state index contributed by atoms with van der Waals surface area (Å²) in [5.41, 5.74) is 3.15. The number of fused-ring (bicyclic) bond motifs is 1. The van der Waals surface area contributed by atoms with Gasteiger partial charge >= 0.3 is 0 Å². The van der Waals surface area contributed by atoms with Crippen LogP contribution in [0.15, 0.2) is 47.7 Å². The highest BCUT2D eigenvalue weighted by Gasteiger charge is 2.28. The molecule has 0 fully saturated rings. The maximum atomic E-state index is 12.8. The Bertz CT molecular complexity index is 542. The molecule has 1 aliphatic heterocycles. The highest BCUT2D eigenvalue weighted by Crippen LogP contribution is 2.33. The molecular weight excluding hydrogens is 229 g/mol. The smallest absolute Gasteiger partial charge is 0.251 e. The Morgan fingerprint density at radius 2 is 2.00 bits per heavy atom. The largest absolute Gasteiger partial charge is 0.304 e. The van der Waals surface area contributed by atoms with Gasteiger partial charge in [0.05, 0.1) is 6.54 Å². The van der Waals surface area contributed by atoms with Gasteiger partial charge in [0, 0.05) is 11.8 Å². The Kier molecular flexibility index (Phi) is 2.74. The average Bonchev–Trinajstić information content (AvgIpc) is 2.69. The molecule has 0 atom stereocenters. The van der Waals surface area contributed by atoms with Gasteiger partial charge in [0.15, 0.2) is 0 Å². The molecule has 0 unspecified atom stereocenters. The van der Waals surface area contributed by atoms with E-state index in [4.69, 9.17) is 0 Å². The van der Waals surface area contributed by atoms with E-state index in [1.165, 1.54) is 12.1 Å². The minimum Gasteiger partial charge on any atom is -0.304 e. The fourth-order valence-electron chi connectivity index (χ4n) is 2.50. The Morgan fingerprint density at radius 3 is 2.78 bits per heavy atom. The second-order valence-corrected chi connectivity index (χ2v) is 4.70. The SMILES string of the molecule is O=C1C=C2CCCC=C2N1Cc1ccc(F)cc1. The van der Waals surface area contributed by atoms with Crippen molar-refractivity contribution in [1.82, 2.24) is 4.90 Å². The standard InChI is InChI=1S/C15H14FNO/c16-13-7-5-11(6-8-13)10-17-14-4-2-1-3-12(14)9-15(17)18/h4-9H,1-3,10H2. The Hall–Kier alpha value is -1.90. The van der Waals surface area contributed by atoms with Crippen molar-refractivity contribution >= 4 is 5.91 Å². The van der Waals surface area contributed by atoms with Crippen molar-refractivity contribution in [1.29, 1.82) is 0 Å². The van der Waals surface area contributed by atoms with E-state index in [1.807, 2.05) is 0 Å². The van der Waals surface area contributed by atoms with Crippen LogP contribution in [0.3, 0.4) is 0 Å². The lowest BCUT2D eigenvalue weighted by molar-refractivity contribution is -0.123. The van der Waals surface area contributed by atoms with Crippen LogP contribution in [0.4, 0.5) is 4.39 Å². The van der Waals surface area contributed by atoms with E-state index in [9.17, 15) is 9.18 Å². The maximum absolute atomic E-state index is 12.8. The summed E-state index contributed by atoms with van der Waals surface area (Å²) in [6, 6.07) is 6.31. The third kappa shape index (κ3) is 1.96. The molecule has 1 heterocycles. The molecule has 1 aromatic rings. The van der Waals surface area contributed by atoms with E-state index >= 15 is 0 Å². The zero-order valence-electron chi connectivity index (χ0n) is 10.0. The van der Waals surface area contributed by atoms with E-state index in [0.717, 1.165) is 36.1 Å². The summed E-state index contributed by atoms with van der Waals surface area (Å²) in [4.78, 5) is 13.7. The molecule has 1 aromatic carbocycles. The molecule has 1 amide bonds. The van der Waals surface area contributed by atoms with Crippen molar-refractivity contribution in [2.45, 2.75) is 25.8 Å². The van der Waals surface area contributed by atoms with E-state index < -0.39 is 0 Å². The van der Waals surface area contributed by atoms with Crippen LogP contribution in [0.25, 0.3) is 0 Å². The molecule has 3 rings (SSSR count). The van der Waals surface area contributed by atoms with Gasteiger partial charge in [-0.1, -0.05) is 18.2 Å². The first-order valence-corrected chi connectivity index (χ1v) is 6.21. The molecule has 18 heavy (non-hydrogen) atoms. The molecule has 0 radical (unpaired) electrons. The van der Waals surface area contributed by atoms with Crippen molar-refractivity contribution < 1.29 is 9.18 Å². The predicted molar refractivity (Wildman–Crippen MR) is 67.0 cm³/mol.